The zero-order chi connectivity index (χ0) is 13.0. The van der Waals surface area contributed by atoms with Gasteiger partial charge in [0.25, 0.3) is 0 Å². The van der Waals surface area contributed by atoms with Crippen molar-refractivity contribution in [1.29, 1.82) is 0 Å². The van der Waals surface area contributed by atoms with E-state index in [2.05, 4.69) is 0 Å². The van der Waals surface area contributed by atoms with Crippen LogP contribution in [0.15, 0.2) is 53.4 Å². The maximum atomic E-state index is 10.8. The molecule has 2 aromatic carbocycles. The molecule has 2 aromatic rings. The van der Waals surface area contributed by atoms with Gasteiger partial charge in [0.15, 0.2) is 0 Å². The first-order chi connectivity index (χ1) is 8.65. The summed E-state index contributed by atoms with van der Waals surface area (Å²) in [5.74, 6) is -0.107. The van der Waals surface area contributed by atoms with Crippen molar-refractivity contribution in [2.24, 2.45) is 0 Å². The van der Waals surface area contributed by atoms with Crippen LogP contribution in [0.25, 0.3) is 0 Å². The molecule has 0 aliphatic rings. The number of carbonyl (C=O) groups is 1. The zero-order valence-electron chi connectivity index (χ0n) is 9.47. The maximum Gasteiger partial charge on any atom is 0.335 e. The van der Waals surface area contributed by atoms with Crippen LogP contribution in [0.3, 0.4) is 0 Å². The summed E-state index contributed by atoms with van der Waals surface area (Å²) < 4.78 is 0. The van der Waals surface area contributed by atoms with E-state index in [1.54, 1.807) is 30.0 Å². The number of hydrogen-bond acceptors (Lipinski definition) is 2. The van der Waals surface area contributed by atoms with E-state index >= 15 is 0 Å². The lowest BCUT2D eigenvalue weighted by molar-refractivity contribution is 0.0696. The van der Waals surface area contributed by atoms with Gasteiger partial charge in [0.2, 0.25) is 0 Å². The second-order valence-corrected chi connectivity index (χ2v) is 5.23. The second kappa shape index (κ2) is 5.94. The first kappa shape index (κ1) is 13.0. The van der Waals surface area contributed by atoms with Gasteiger partial charge < -0.3 is 5.11 Å². The van der Waals surface area contributed by atoms with Gasteiger partial charge in [-0.15, -0.1) is 11.8 Å². The summed E-state index contributed by atoms with van der Waals surface area (Å²) in [5.41, 5.74) is 1.47. The molecule has 0 saturated heterocycles. The number of aromatic carboxylic acids is 1. The number of rotatable bonds is 4. The van der Waals surface area contributed by atoms with Crippen LogP contribution in [0.2, 0.25) is 5.02 Å². The number of carboxylic acids is 1. The standard InChI is InChI=1S/C14H11ClO2S/c15-12-6-4-10(5-7-12)9-18-13-3-1-2-11(8-13)14(16)17/h1-8H,9H2,(H,16,17). The van der Waals surface area contributed by atoms with Gasteiger partial charge in [-0.2, -0.15) is 0 Å². The SMILES string of the molecule is O=C(O)c1cccc(SCc2ccc(Cl)cc2)c1. The lowest BCUT2D eigenvalue weighted by Crippen LogP contribution is -1.95. The molecular weight excluding hydrogens is 268 g/mol. The molecule has 18 heavy (non-hydrogen) atoms. The topological polar surface area (TPSA) is 37.3 Å². The van der Waals surface area contributed by atoms with E-state index in [1.807, 2.05) is 30.3 Å². The summed E-state index contributed by atoms with van der Waals surface area (Å²) in [4.78, 5) is 11.8. The third-order valence-electron chi connectivity index (χ3n) is 2.40. The van der Waals surface area contributed by atoms with Crippen molar-refractivity contribution in [3.05, 3.63) is 64.7 Å². The highest BCUT2D eigenvalue weighted by molar-refractivity contribution is 7.98. The molecule has 0 amide bonds. The Balaban J connectivity index is 2.04. The summed E-state index contributed by atoms with van der Waals surface area (Å²) in [6.45, 7) is 0. The molecule has 0 radical (unpaired) electrons. The van der Waals surface area contributed by atoms with E-state index in [0.717, 1.165) is 21.2 Å². The van der Waals surface area contributed by atoms with Crippen LogP contribution in [0.5, 0.6) is 0 Å². The van der Waals surface area contributed by atoms with Gasteiger partial charge in [-0.05, 0) is 35.9 Å². The van der Waals surface area contributed by atoms with Crippen LogP contribution in [0.4, 0.5) is 0 Å². The highest BCUT2D eigenvalue weighted by atomic mass is 35.5. The molecule has 2 nitrogen and oxygen atoms in total. The van der Waals surface area contributed by atoms with E-state index in [9.17, 15) is 4.79 Å². The Bertz CT molecular complexity index is 552. The Morgan fingerprint density at radius 2 is 1.89 bits per heavy atom. The quantitative estimate of drug-likeness (QED) is 0.846. The Morgan fingerprint density at radius 3 is 2.56 bits per heavy atom. The summed E-state index contributed by atoms with van der Waals surface area (Å²) in [7, 11) is 0. The molecule has 0 aromatic heterocycles. The number of benzene rings is 2. The van der Waals surface area contributed by atoms with E-state index in [0.29, 0.717) is 5.56 Å². The van der Waals surface area contributed by atoms with Crippen molar-refractivity contribution in [2.75, 3.05) is 0 Å². The van der Waals surface area contributed by atoms with Gasteiger partial charge in [0.1, 0.15) is 0 Å². The summed E-state index contributed by atoms with van der Waals surface area (Å²) >= 11 is 7.42. The first-order valence-corrected chi connectivity index (χ1v) is 6.72. The van der Waals surface area contributed by atoms with E-state index < -0.39 is 5.97 Å². The highest BCUT2D eigenvalue weighted by Crippen LogP contribution is 2.24. The van der Waals surface area contributed by atoms with Crippen molar-refractivity contribution < 1.29 is 9.90 Å². The van der Waals surface area contributed by atoms with Crippen molar-refractivity contribution in [2.45, 2.75) is 10.6 Å². The predicted molar refractivity (Wildman–Crippen MR) is 74.4 cm³/mol. The van der Waals surface area contributed by atoms with Gasteiger partial charge in [0, 0.05) is 15.7 Å². The number of halogens is 1. The molecule has 92 valence electrons. The molecule has 2 rings (SSSR count). The molecule has 0 heterocycles. The second-order valence-electron chi connectivity index (χ2n) is 3.75. The molecule has 0 bridgehead atoms. The minimum atomic E-state index is -0.899. The van der Waals surface area contributed by atoms with Crippen molar-refractivity contribution in [3.8, 4) is 0 Å². The molecular formula is C14H11ClO2S. The number of hydrogen-bond donors (Lipinski definition) is 1. The number of thioether (sulfide) groups is 1. The van der Waals surface area contributed by atoms with Crippen molar-refractivity contribution in [1.82, 2.24) is 0 Å². The zero-order valence-corrected chi connectivity index (χ0v) is 11.0. The molecule has 0 fully saturated rings. The third kappa shape index (κ3) is 3.52. The lowest BCUT2D eigenvalue weighted by Gasteiger charge is -2.03. The fourth-order valence-electron chi connectivity index (χ4n) is 1.47. The average Bonchev–Trinajstić information content (AvgIpc) is 2.38. The molecule has 0 aliphatic carbocycles. The summed E-state index contributed by atoms with van der Waals surface area (Å²) in [6, 6.07) is 14.6. The van der Waals surface area contributed by atoms with Crippen LogP contribution in [-0.4, -0.2) is 11.1 Å². The molecule has 0 aliphatic heterocycles. The molecule has 0 atom stereocenters. The average molecular weight is 279 g/mol. The minimum Gasteiger partial charge on any atom is -0.478 e. The fourth-order valence-corrected chi connectivity index (χ4v) is 2.50. The third-order valence-corrected chi connectivity index (χ3v) is 3.72. The van der Waals surface area contributed by atoms with Crippen LogP contribution in [0.1, 0.15) is 15.9 Å². The Morgan fingerprint density at radius 1 is 1.17 bits per heavy atom. The Labute approximate surface area is 115 Å². The van der Waals surface area contributed by atoms with Crippen LogP contribution in [-0.2, 0) is 5.75 Å². The fraction of sp³-hybridized carbons (Fsp3) is 0.0714. The highest BCUT2D eigenvalue weighted by Gasteiger charge is 2.03. The van der Waals surface area contributed by atoms with Gasteiger partial charge >= 0.3 is 5.97 Å². The molecule has 0 saturated carbocycles. The normalized spacial score (nSPS) is 10.3. The van der Waals surface area contributed by atoms with Gasteiger partial charge in [-0.3, -0.25) is 0 Å². The first-order valence-electron chi connectivity index (χ1n) is 5.36. The van der Waals surface area contributed by atoms with Gasteiger partial charge in [0.05, 0.1) is 5.56 Å². The van der Waals surface area contributed by atoms with E-state index in [1.165, 1.54) is 0 Å². The maximum absolute atomic E-state index is 10.8. The Kier molecular flexibility index (Phi) is 4.28. The van der Waals surface area contributed by atoms with Crippen LogP contribution < -0.4 is 0 Å². The van der Waals surface area contributed by atoms with Crippen LogP contribution in [0, 0.1) is 0 Å². The van der Waals surface area contributed by atoms with E-state index in [-0.39, 0.29) is 0 Å². The smallest absolute Gasteiger partial charge is 0.335 e. The predicted octanol–water partition coefficient (Wildman–Crippen LogP) is 4.33. The largest absolute Gasteiger partial charge is 0.478 e. The van der Waals surface area contributed by atoms with Crippen LogP contribution >= 0.6 is 23.4 Å². The number of carboxylic acid groups (broad SMARTS) is 1. The van der Waals surface area contributed by atoms with Gasteiger partial charge in [-0.1, -0.05) is 29.8 Å². The van der Waals surface area contributed by atoms with Crippen molar-refractivity contribution in [3.63, 3.8) is 0 Å². The molecule has 0 spiro atoms. The monoisotopic (exact) mass is 278 g/mol. The van der Waals surface area contributed by atoms with E-state index in [4.69, 9.17) is 16.7 Å². The lowest BCUT2D eigenvalue weighted by atomic mass is 10.2. The Hall–Kier alpha value is -1.45. The van der Waals surface area contributed by atoms with Gasteiger partial charge in [-0.25, -0.2) is 4.79 Å². The molecule has 4 heteroatoms. The minimum absolute atomic E-state index is 0.316. The summed E-state index contributed by atoms with van der Waals surface area (Å²) in [6.07, 6.45) is 0. The molecule has 0 unspecified atom stereocenters. The summed E-state index contributed by atoms with van der Waals surface area (Å²) in [5, 5.41) is 9.62. The van der Waals surface area contributed by atoms with Crippen molar-refractivity contribution >= 4 is 29.3 Å². The molecule has 1 N–H and O–H groups in total.